The molecule has 2 rings (SSSR count). The average molecular weight is 282 g/mol. The number of carbonyl (C=O) groups is 1. The Morgan fingerprint density at radius 3 is 3.05 bits per heavy atom. The third-order valence-corrected chi connectivity index (χ3v) is 4.67. The van der Waals surface area contributed by atoms with Crippen LogP contribution in [-0.4, -0.2) is 51.2 Å². The van der Waals surface area contributed by atoms with Crippen molar-refractivity contribution in [3.63, 3.8) is 0 Å². The van der Waals surface area contributed by atoms with Gasteiger partial charge in [-0.3, -0.25) is 4.79 Å². The van der Waals surface area contributed by atoms with Crippen molar-refractivity contribution >= 4 is 17.2 Å². The Morgan fingerprint density at radius 2 is 2.47 bits per heavy atom. The van der Waals surface area contributed by atoms with E-state index in [0.29, 0.717) is 6.61 Å². The number of likely N-dealkylation sites (N-methyl/N-ethyl adjacent to an activating group) is 1. The maximum Gasteiger partial charge on any atom is 0.232 e. The first-order valence-corrected chi connectivity index (χ1v) is 7.53. The fourth-order valence-electron chi connectivity index (χ4n) is 2.63. The highest BCUT2D eigenvalue weighted by molar-refractivity contribution is 7.09. The molecule has 0 saturated carbocycles. The molecule has 0 aromatic carbocycles. The van der Waals surface area contributed by atoms with Gasteiger partial charge in [0.2, 0.25) is 5.91 Å². The van der Waals surface area contributed by atoms with E-state index in [4.69, 9.17) is 4.74 Å². The molecule has 5 heteroatoms. The van der Waals surface area contributed by atoms with Crippen LogP contribution < -0.4 is 5.32 Å². The summed E-state index contributed by atoms with van der Waals surface area (Å²) in [5.74, 6) is 0.205. The second kappa shape index (κ2) is 6.50. The molecule has 19 heavy (non-hydrogen) atoms. The highest BCUT2D eigenvalue weighted by atomic mass is 32.1. The Kier molecular flexibility index (Phi) is 4.96. The summed E-state index contributed by atoms with van der Waals surface area (Å²) < 4.78 is 5.27. The Labute approximate surface area is 118 Å². The molecule has 1 atom stereocenters. The molecule has 1 N–H and O–H groups in total. The number of methoxy groups -OCH3 is 1. The number of hydrogen-bond acceptors (Lipinski definition) is 4. The van der Waals surface area contributed by atoms with Gasteiger partial charge in [-0.1, -0.05) is 6.07 Å². The molecule has 0 spiro atoms. The van der Waals surface area contributed by atoms with Crippen LogP contribution in [0, 0.1) is 5.41 Å². The molecule has 1 unspecified atom stereocenters. The van der Waals surface area contributed by atoms with Crippen LogP contribution >= 0.6 is 11.3 Å². The molecule has 1 aromatic rings. The maximum atomic E-state index is 12.6. The Morgan fingerprint density at radius 1 is 1.63 bits per heavy atom. The van der Waals surface area contributed by atoms with Crippen LogP contribution in [0.15, 0.2) is 17.5 Å². The van der Waals surface area contributed by atoms with Gasteiger partial charge in [-0.2, -0.15) is 0 Å². The molecule has 106 valence electrons. The van der Waals surface area contributed by atoms with E-state index in [1.165, 1.54) is 4.88 Å². The molecule has 0 radical (unpaired) electrons. The van der Waals surface area contributed by atoms with Gasteiger partial charge < -0.3 is 15.0 Å². The van der Waals surface area contributed by atoms with Gasteiger partial charge in [-0.15, -0.1) is 11.3 Å². The van der Waals surface area contributed by atoms with E-state index in [9.17, 15) is 4.79 Å². The summed E-state index contributed by atoms with van der Waals surface area (Å²) in [5.41, 5.74) is -0.362. The number of nitrogens with zero attached hydrogens (tertiary/aromatic N) is 1. The molecule has 2 heterocycles. The summed E-state index contributed by atoms with van der Waals surface area (Å²) in [6.07, 6.45) is 1.79. The first-order valence-electron chi connectivity index (χ1n) is 6.65. The summed E-state index contributed by atoms with van der Waals surface area (Å²) in [5, 5.41) is 5.35. The minimum Gasteiger partial charge on any atom is -0.384 e. The van der Waals surface area contributed by atoms with Gasteiger partial charge in [-0.05, 0) is 30.8 Å². The summed E-state index contributed by atoms with van der Waals surface area (Å²) in [4.78, 5) is 15.8. The Hall–Kier alpha value is -0.910. The lowest BCUT2D eigenvalue weighted by Gasteiger charge is -2.31. The van der Waals surface area contributed by atoms with Gasteiger partial charge >= 0.3 is 0 Å². The number of rotatable bonds is 6. The van der Waals surface area contributed by atoms with Crippen LogP contribution in [0.2, 0.25) is 0 Å². The quantitative estimate of drug-likeness (QED) is 0.857. The molecule has 1 aliphatic rings. The van der Waals surface area contributed by atoms with Crippen molar-refractivity contribution in [3.8, 4) is 0 Å². The van der Waals surface area contributed by atoms with E-state index in [0.717, 1.165) is 32.5 Å². The van der Waals surface area contributed by atoms with Crippen molar-refractivity contribution in [1.82, 2.24) is 10.2 Å². The molecular formula is C14H22N2O2S. The van der Waals surface area contributed by atoms with Crippen molar-refractivity contribution < 1.29 is 9.53 Å². The van der Waals surface area contributed by atoms with E-state index in [1.807, 2.05) is 11.9 Å². The second-order valence-electron chi connectivity index (χ2n) is 5.20. The molecule has 1 aromatic heterocycles. The van der Waals surface area contributed by atoms with Gasteiger partial charge in [0.1, 0.15) is 0 Å². The standard InChI is InChI=1S/C14H22N2O2S/c1-16(8-5-12-4-3-9-19-12)13(17)14(11-18-2)6-7-15-10-14/h3-4,9,15H,5-8,10-11H2,1-2H3. The van der Waals surface area contributed by atoms with E-state index in [-0.39, 0.29) is 11.3 Å². The lowest BCUT2D eigenvalue weighted by molar-refractivity contribution is -0.142. The smallest absolute Gasteiger partial charge is 0.232 e. The van der Waals surface area contributed by atoms with Crippen molar-refractivity contribution in [1.29, 1.82) is 0 Å². The van der Waals surface area contributed by atoms with Gasteiger partial charge in [0.15, 0.2) is 0 Å². The highest BCUT2D eigenvalue weighted by Gasteiger charge is 2.42. The van der Waals surface area contributed by atoms with Gasteiger partial charge in [0.25, 0.3) is 0 Å². The number of carbonyl (C=O) groups excluding carboxylic acids is 1. The molecular weight excluding hydrogens is 260 g/mol. The first kappa shape index (κ1) is 14.5. The average Bonchev–Trinajstić information content (AvgIpc) is 3.07. The molecule has 0 bridgehead atoms. The van der Waals surface area contributed by atoms with Crippen LogP contribution in [0.1, 0.15) is 11.3 Å². The van der Waals surface area contributed by atoms with Gasteiger partial charge in [0, 0.05) is 32.1 Å². The lowest BCUT2D eigenvalue weighted by atomic mass is 9.86. The zero-order valence-electron chi connectivity index (χ0n) is 11.6. The largest absolute Gasteiger partial charge is 0.384 e. The maximum absolute atomic E-state index is 12.6. The second-order valence-corrected chi connectivity index (χ2v) is 6.23. The van der Waals surface area contributed by atoms with Gasteiger partial charge in [0.05, 0.1) is 12.0 Å². The molecule has 4 nitrogen and oxygen atoms in total. The number of amides is 1. The number of ether oxygens (including phenoxy) is 1. The van der Waals surface area contributed by atoms with E-state index in [2.05, 4.69) is 22.8 Å². The predicted molar refractivity (Wildman–Crippen MR) is 77.5 cm³/mol. The third kappa shape index (κ3) is 3.35. The summed E-state index contributed by atoms with van der Waals surface area (Å²) in [7, 11) is 3.56. The molecule has 0 aliphatic carbocycles. The van der Waals surface area contributed by atoms with E-state index >= 15 is 0 Å². The highest BCUT2D eigenvalue weighted by Crippen LogP contribution is 2.28. The minimum absolute atomic E-state index is 0.205. The van der Waals surface area contributed by atoms with Crippen molar-refractivity contribution in [2.24, 2.45) is 5.41 Å². The van der Waals surface area contributed by atoms with Crippen LogP contribution in [0.3, 0.4) is 0 Å². The third-order valence-electron chi connectivity index (χ3n) is 3.74. The normalized spacial score (nSPS) is 22.6. The summed E-state index contributed by atoms with van der Waals surface area (Å²) >= 11 is 1.74. The van der Waals surface area contributed by atoms with Gasteiger partial charge in [-0.25, -0.2) is 0 Å². The van der Waals surface area contributed by atoms with Crippen LogP contribution in [0.5, 0.6) is 0 Å². The van der Waals surface area contributed by atoms with E-state index < -0.39 is 0 Å². The summed E-state index contributed by atoms with van der Waals surface area (Å²) in [6, 6.07) is 4.17. The predicted octanol–water partition coefficient (Wildman–Crippen LogP) is 1.38. The SMILES string of the molecule is COCC1(C(=O)N(C)CCc2cccs2)CCNC1. The molecule has 1 aliphatic heterocycles. The number of thiophene rings is 1. The first-order chi connectivity index (χ1) is 9.18. The molecule has 1 amide bonds. The number of nitrogens with one attached hydrogen (secondary N) is 1. The monoisotopic (exact) mass is 282 g/mol. The van der Waals surface area contributed by atoms with Crippen molar-refractivity contribution in [2.45, 2.75) is 12.8 Å². The zero-order chi connectivity index (χ0) is 13.7. The van der Waals surface area contributed by atoms with Crippen molar-refractivity contribution in [2.75, 3.05) is 40.4 Å². The Balaban J connectivity index is 1.93. The Bertz CT molecular complexity index is 400. The fraction of sp³-hybridized carbons (Fsp3) is 0.643. The molecule has 1 saturated heterocycles. The fourth-order valence-corrected chi connectivity index (χ4v) is 3.32. The van der Waals surface area contributed by atoms with Crippen LogP contribution in [0.4, 0.5) is 0 Å². The minimum atomic E-state index is -0.362. The lowest BCUT2D eigenvalue weighted by Crippen LogP contribution is -2.46. The molecule has 1 fully saturated rings. The topological polar surface area (TPSA) is 41.6 Å². The van der Waals surface area contributed by atoms with E-state index in [1.54, 1.807) is 18.4 Å². The van der Waals surface area contributed by atoms with Crippen LogP contribution in [-0.2, 0) is 16.0 Å². The summed E-state index contributed by atoms with van der Waals surface area (Å²) in [6.45, 7) is 2.89. The number of hydrogen-bond donors (Lipinski definition) is 1. The van der Waals surface area contributed by atoms with Crippen LogP contribution in [0.25, 0.3) is 0 Å². The van der Waals surface area contributed by atoms with Crippen molar-refractivity contribution in [3.05, 3.63) is 22.4 Å². The zero-order valence-corrected chi connectivity index (χ0v) is 12.5.